The zero-order valence-electron chi connectivity index (χ0n) is 19.5. The zero-order chi connectivity index (χ0) is 24.2. The van der Waals surface area contributed by atoms with E-state index in [0.29, 0.717) is 44.4 Å². The second kappa shape index (κ2) is 10.0. The molecule has 0 saturated carbocycles. The largest absolute Gasteiger partial charge is 0.444 e. The second-order valence-corrected chi connectivity index (χ2v) is 9.19. The molecule has 3 amide bonds. The van der Waals surface area contributed by atoms with Gasteiger partial charge in [-0.1, -0.05) is 0 Å². The van der Waals surface area contributed by atoms with Crippen molar-refractivity contribution in [1.82, 2.24) is 20.0 Å². The first-order chi connectivity index (χ1) is 15.6. The minimum atomic E-state index is -0.522. The van der Waals surface area contributed by atoms with Gasteiger partial charge in [-0.15, -0.1) is 0 Å². The monoisotopic (exact) mass is 457 g/mol. The van der Waals surface area contributed by atoms with Crippen LogP contribution in [0.2, 0.25) is 0 Å². The van der Waals surface area contributed by atoms with Crippen LogP contribution in [-0.2, 0) is 14.3 Å². The molecule has 33 heavy (non-hydrogen) atoms. The molecule has 10 nitrogen and oxygen atoms in total. The normalized spacial score (nSPS) is 15.3. The van der Waals surface area contributed by atoms with E-state index >= 15 is 0 Å². The molecule has 1 N–H and O–H groups in total. The van der Waals surface area contributed by atoms with E-state index < -0.39 is 5.60 Å². The minimum Gasteiger partial charge on any atom is -0.444 e. The van der Waals surface area contributed by atoms with Gasteiger partial charge in [0, 0.05) is 43.7 Å². The molecule has 1 fully saturated rings. The van der Waals surface area contributed by atoms with Gasteiger partial charge >= 0.3 is 6.09 Å². The van der Waals surface area contributed by atoms with Crippen LogP contribution in [0.3, 0.4) is 0 Å². The van der Waals surface area contributed by atoms with E-state index in [4.69, 9.17) is 4.74 Å². The second-order valence-electron chi connectivity index (χ2n) is 9.19. The number of nitrogens with one attached hydrogen (secondary N) is 1. The number of ether oxygens (including phenoxy) is 1. The summed E-state index contributed by atoms with van der Waals surface area (Å²) < 4.78 is 6.82. The summed E-state index contributed by atoms with van der Waals surface area (Å²) >= 11 is 0. The fraction of sp³-hybridized carbons (Fsp3) is 0.522. The first-order valence-corrected chi connectivity index (χ1v) is 11.1. The predicted molar refractivity (Wildman–Crippen MR) is 124 cm³/mol. The smallest absolute Gasteiger partial charge is 0.410 e. The molecule has 2 heterocycles. The molecule has 10 heteroatoms. The predicted octanol–water partition coefficient (Wildman–Crippen LogP) is 2.07. The number of rotatable bonds is 6. The number of imide groups is 1. The number of piperazine rings is 1. The maximum atomic E-state index is 12.9. The molecule has 1 atom stereocenters. The SMILES string of the molecule is CC(CCC(=O)NC=O)n1ncc2cc(N3CCN(C(=O)OC(C)(C)C)CC3)ccc2c1=O. The number of nitrogens with zero attached hydrogens (tertiary/aromatic N) is 4. The van der Waals surface area contributed by atoms with Gasteiger partial charge in [0.1, 0.15) is 5.60 Å². The van der Waals surface area contributed by atoms with Crippen LogP contribution in [0.5, 0.6) is 0 Å². The minimum absolute atomic E-state index is 0.125. The van der Waals surface area contributed by atoms with Crippen molar-refractivity contribution in [3.8, 4) is 0 Å². The van der Waals surface area contributed by atoms with E-state index in [1.165, 1.54) is 4.68 Å². The van der Waals surface area contributed by atoms with Gasteiger partial charge in [-0.3, -0.25) is 19.7 Å². The van der Waals surface area contributed by atoms with Crippen molar-refractivity contribution >= 4 is 34.9 Å². The quantitative estimate of drug-likeness (QED) is 0.661. The Kier molecular flexibility index (Phi) is 7.35. The van der Waals surface area contributed by atoms with Crippen LogP contribution in [0.15, 0.2) is 29.2 Å². The highest BCUT2D eigenvalue weighted by molar-refractivity contribution is 5.86. The van der Waals surface area contributed by atoms with Gasteiger partial charge in [0.2, 0.25) is 12.3 Å². The van der Waals surface area contributed by atoms with E-state index in [1.807, 2.05) is 39.8 Å². The Morgan fingerprint density at radius 1 is 1.21 bits per heavy atom. The number of benzene rings is 1. The fourth-order valence-electron chi connectivity index (χ4n) is 3.74. The van der Waals surface area contributed by atoms with E-state index in [9.17, 15) is 19.2 Å². The molecule has 3 rings (SSSR count). The Morgan fingerprint density at radius 3 is 2.55 bits per heavy atom. The van der Waals surface area contributed by atoms with Crippen molar-refractivity contribution < 1.29 is 19.1 Å². The van der Waals surface area contributed by atoms with Crippen LogP contribution in [0.25, 0.3) is 10.8 Å². The summed E-state index contributed by atoms with van der Waals surface area (Å²) in [6, 6.07) is 5.33. The molecular weight excluding hydrogens is 426 g/mol. The van der Waals surface area contributed by atoms with Crippen LogP contribution in [0.4, 0.5) is 10.5 Å². The Bertz CT molecular complexity index is 1080. The molecule has 178 valence electrons. The van der Waals surface area contributed by atoms with E-state index in [-0.39, 0.29) is 30.0 Å². The first-order valence-electron chi connectivity index (χ1n) is 11.1. The molecule has 0 aliphatic carbocycles. The van der Waals surface area contributed by atoms with E-state index in [1.54, 1.807) is 17.2 Å². The fourth-order valence-corrected chi connectivity index (χ4v) is 3.74. The third-order valence-electron chi connectivity index (χ3n) is 5.52. The van der Waals surface area contributed by atoms with Gasteiger partial charge in [-0.05, 0) is 52.3 Å². The summed E-state index contributed by atoms with van der Waals surface area (Å²) in [5.74, 6) is -0.387. The standard InChI is InChI=1S/C23H31N5O5/c1-16(5-8-20(30)24-15-29)28-21(31)19-7-6-18(13-17(19)14-25-28)26-9-11-27(12-10-26)22(32)33-23(2,3)4/h6-7,13-16H,5,8-12H2,1-4H3,(H,24,29,30). The van der Waals surface area contributed by atoms with Crippen LogP contribution in [0, 0.1) is 0 Å². The Labute approximate surface area is 192 Å². The van der Waals surface area contributed by atoms with Crippen molar-refractivity contribution in [1.29, 1.82) is 0 Å². The summed E-state index contributed by atoms with van der Waals surface area (Å²) in [5, 5.41) is 7.67. The van der Waals surface area contributed by atoms with Crippen molar-refractivity contribution in [2.75, 3.05) is 31.1 Å². The molecule has 1 aliphatic heterocycles. The first kappa shape index (κ1) is 24.2. The van der Waals surface area contributed by atoms with E-state index in [2.05, 4.69) is 15.3 Å². The highest BCUT2D eigenvalue weighted by atomic mass is 16.6. The maximum Gasteiger partial charge on any atom is 0.410 e. The highest BCUT2D eigenvalue weighted by Crippen LogP contribution is 2.22. The summed E-state index contributed by atoms with van der Waals surface area (Å²) in [5.41, 5.74) is 0.215. The number of anilines is 1. The summed E-state index contributed by atoms with van der Waals surface area (Å²) in [6.07, 6.45) is 2.21. The Morgan fingerprint density at radius 2 is 1.91 bits per heavy atom. The van der Waals surface area contributed by atoms with Gasteiger partial charge in [0.25, 0.3) is 5.56 Å². The molecule has 1 saturated heterocycles. The van der Waals surface area contributed by atoms with Crippen molar-refractivity contribution in [2.24, 2.45) is 0 Å². The van der Waals surface area contributed by atoms with Crippen LogP contribution >= 0.6 is 0 Å². The van der Waals surface area contributed by atoms with Crippen molar-refractivity contribution in [3.05, 3.63) is 34.7 Å². The van der Waals surface area contributed by atoms with Crippen LogP contribution in [0.1, 0.15) is 46.6 Å². The van der Waals surface area contributed by atoms with Gasteiger partial charge in [-0.25, -0.2) is 9.48 Å². The average molecular weight is 458 g/mol. The number of hydrogen-bond acceptors (Lipinski definition) is 7. The summed E-state index contributed by atoms with van der Waals surface area (Å²) in [7, 11) is 0. The number of carbonyl (C=O) groups excluding carboxylic acids is 3. The Balaban J connectivity index is 1.68. The van der Waals surface area contributed by atoms with Gasteiger partial charge in [0.05, 0.1) is 17.6 Å². The maximum absolute atomic E-state index is 12.9. The number of hydrogen-bond donors (Lipinski definition) is 1. The molecule has 2 aromatic rings. The molecule has 1 aliphatic rings. The molecule has 1 unspecified atom stereocenters. The molecular formula is C23H31N5O5. The Hall–Kier alpha value is -3.43. The lowest BCUT2D eigenvalue weighted by Crippen LogP contribution is -2.50. The molecule has 0 spiro atoms. The third-order valence-corrected chi connectivity index (χ3v) is 5.52. The van der Waals surface area contributed by atoms with Gasteiger partial charge in [-0.2, -0.15) is 5.10 Å². The number of aromatic nitrogens is 2. The summed E-state index contributed by atoms with van der Waals surface area (Å²) in [4.78, 5) is 50.9. The molecule has 1 aromatic heterocycles. The number of fused-ring (bicyclic) bond motifs is 1. The lowest BCUT2D eigenvalue weighted by Gasteiger charge is -2.36. The third kappa shape index (κ3) is 6.09. The van der Waals surface area contributed by atoms with Gasteiger partial charge < -0.3 is 14.5 Å². The lowest BCUT2D eigenvalue weighted by atomic mass is 10.1. The molecule has 1 aromatic carbocycles. The van der Waals surface area contributed by atoms with Crippen molar-refractivity contribution in [3.63, 3.8) is 0 Å². The molecule has 0 bridgehead atoms. The van der Waals surface area contributed by atoms with Crippen LogP contribution in [-0.4, -0.2) is 64.9 Å². The number of carbonyl (C=O) groups is 3. The molecule has 0 radical (unpaired) electrons. The summed E-state index contributed by atoms with van der Waals surface area (Å²) in [6.45, 7) is 9.80. The lowest BCUT2D eigenvalue weighted by molar-refractivity contribution is -0.125. The van der Waals surface area contributed by atoms with Gasteiger partial charge in [0.15, 0.2) is 0 Å². The van der Waals surface area contributed by atoms with Crippen molar-refractivity contribution in [2.45, 2.75) is 52.2 Å². The number of amides is 3. The topological polar surface area (TPSA) is 114 Å². The highest BCUT2D eigenvalue weighted by Gasteiger charge is 2.26. The average Bonchev–Trinajstić information content (AvgIpc) is 2.76. The van der Waals surface area contributed by atoms with Crippen LogP contribution < -0.4 is 15.8 Å². The zero-order valence-corrected chi connectivity index (χ0v) is 19.5. The van der Waals surface area contributed by atoms with E-state index in [0.717, 1.165) is 11.1 Å².